The predicted molar refractivity (Wildman–Crippen MR) is 106 cm³/mol. The van der Waals surface area contributed by atoms with Gasteiger partial charge in [-0.05, 0) is 0 Å². The molecule has 0 spiro atoms. The maximum atomic E-state index is 10.5. The van der Waals surface area contributed by atoms with Gasteiger partial charge in [0, 0.05) is 0 Å². The minimum atomic E-state index is -1.76. The molecule has 2 aliphatic heterocycles. The molecule has 0 aromatic carbocycles. The molecule has 4 unspecified atom stereocenters. The number of hydrogen-bond acceptors (Lipinski definition) is 13. The molecule has 0 aromatic heterocycles. The molecule has 2 heterocycles. The smallest absolute Gasteiger partial charge is 0.187 e. The van der Waals surface area contributed by atoms with E-state index in [1.165, 1.54) is 6.08 Å². The van der Waals surface area contributed by atoms with Crippen LogP contribution in [-0.4, -0.2) is 134 Å². The predicted octanol–water partition coefficient (Wildman–Crippen LogP) is -4.45. The van der Waals surface area contributed by atoms with Crippen molar-refractivity contribution in [2.24, 2.45) is 10.2 Å². The van der Waals surface area contributed by atoms with Crippen LogP contribution >= 0.6 is 8.52 Å². The van der Waals surface area contributed by atoms with Gasteiger partial charge >= 0.3 is 0 Å². The third kappa shape index (κ3) is 6.25. The van der Waals surface area contributed by atoms with Gasteiger partial charge in [0.15, 0.2) is 12.6 Å². The second-order valence-corrected chi connectivity index (χ2v) is 7.82. The number of nitrogens with two attached hydrogens (primary N) is 1. The van der Waals surface area contributed by atoms with Crippen LogP contribution in [0.15, 0.2) is 17.4 Å². The number of hydrogen-bond donors (Lipinski definition) is 9. The molecular formula is C17H31N2O12P. The van der Waals surface area contributed by atoms with Gasteiger partial charge in [0.25, 0.3) is 0 Å². The molecule has 0 aliphatic carbocycles. The average Bonchev–Trinajstić information content (AvgIpc) is 2.80. The largest absolute Gasteiger partial charge is 0.394 e. The van der Waals surface area contributed by atoms with Crippen molar-refractivity contribution in [1.82, 2.24) is 0 Å². The molecule has 2 fully saturated rings. The lowest BCUT2D eigenvalue weighted by atomic mass is 9.97. The standard InChI is InChI=1S/C17H31N2O12P/c1-2-7(22)6(19-32-18)5-28-16-14(27)12(25)15(9(4-21)30-16)31-17-13(26)11(24)10(23)8(3-20)29-17/h2,6-17,20-27H,1,3-5H2,(H2,18,19)/t6-,7+,8?,9?,10-,11-,12+,13-,14-,15+,16?,17?/m0/s1. The maximum Gasteiger partial charge on any atom is 0.187 e. The Bertz CT molecular complexity index is 614. The van der Waals surface area contributed by atoms with Crippen LogP contribution in [0.2, 0.25) is 0 Å². The van der Waals surface area contributed by atoms with E-state index < -0.39 is 86.8 Å². The Kier molecular flexibility index (Phi) is 10.9. The van der Waals surface area contributed by atoms with Crippen molar-refractivity contribution in [3.8, 4) is 0 Å². The number of aliphatic hydroxyl groups excluding tert-OH is 8. The summed E-state index contributed by atoms with van der Waals surface area (Å²) in [5, 5.41) is 79.6. The van der Waals surface area contributed by atoms with Gasteiger partial charge in [-0.2, -0.15) is 0 Å². The molecule has 2 saturated heterocycles. The highest BCUT2D eigenvalue weighted by atomic mass is 31.1. The van der Waals surface area contributed by atoms with Crippen molar-refractivity contribution in [3.05, 3.63) is 12.7 Å². The van der Waals surface area contributed by atoms with E-state index in [-0.39, 0.29) is 15.1 Å². The van der Waals surface area contributed by atoms with E-state index in [2.05, 4.69) is 11.3 Å². The molecule has 10 N–H and O–H groups in total. The van der Waals surface area contributed by atoms with Crippen LogP contribution in [0.5, 0.6) is 0 Å². The quantitative estimate of drug-likeness (QED) is 0.105. The first-order chi connectivity index (χ1) is 15.2. The molecule has 2 aliphatic rings. The van der Waals surface area contributed by atoms with Gasteiger partial charge in [0.05, 0.1) is 34.4 Å². The number of ether oxygens (including phenoxy) is 4. The number of nitrogens with zero attached hydrogens (tertiary/aromatic N) is 1. The van der Waals surface area contributed by atoms with Crippen LogP contribution in [0, 0.1) is 0 Å². The molecule has 0 saturated carbocycles. The zero-order valence-electron chi connectivity index (χ0n) is 17.0. The van der Waals surface area contributed by atoms with Gasteiger partial charge < -0.3 is 59.8 Å². The van der Waals surface area contributed by atoms with Crippen LogP contribution in [0.1, 0.15) is 0 Å². The number of aliphatic hydroxyl groups is 8. The second-order valence-electron chi connectivity index (χ2n) is 7.36. The van der Waals surface area contributed by atoms with E-state index in [0.717, 1.165) is 0 Å². The minimum Gasteiger partial charge on any atom is -0.394 e. The zero-order valence-corrected chi connectivity index (χ0v) is 17.9. The molecule has 15 heteroatoms. The number of rotatable bonds is 10. The monoisotopic (exact) mass is 486 g/mol. The van der Waals surface area contributed by atoms with Crippen LogP contribution in [-0.2, 0) is 18.9 Å². The molecular weight excluding hydrogens is 455 g/mol. The molecule has 2 rings (SSSR count). The minimum absolute atomic E-state index is 0.128. The van der Waals surface area contributed by atoms with Gasteiger partial charge in [-0.3, -0.25) is 5.50 Å². The van der Waals surface area contributed by atoms with Crippen LogP contribution in [0.25, 0.3) is 0 Å². The zero-order chi connectivity index (χ0) is 24.0. The fourth-order valence-electron chi connectivity index (χ4n) is 3.33. The van der Waals surface area contributed by atoms with Crippen molar-refractivity contribution < 1.29 is 59.8 Å². The Balaban J connectivity index is 2.07. The summed E-state index contributed by atoms with van der Waals surface area (Å²) in [7, 11) is 0.128. The highest BCUT2D eigenvalue weighted by Crippen LogP contribution is 2.29. The van der Waals surface area contributed by atoms with Crippen LogP contribution < -0.4 is 5.50 Å². The molecule has 0 radical (unpaired) electrons. The Morgan fingerprint density at radius 2 is 1.53 bits per heavy atom. The van der Waals surface area contributed by atoms with E-state index in [1.807, 2.05) is 0 Å². The average molecular weight is 486 g/mol. The van der Waals surface area contributed by atoms with Crippen molar-refractivity contribution in [2.45, 2.75) is 73.6 Å². The highest BCUT2D eigenvalue weighted by molar-refractivity contribution is 7.23. The van der Waals surface area contributed by atoms with Crippen molar-refractivity contribution in [3.63, 3.8) is 0 Å². The normalized spacial score (nSPS) is 42.7. The molecule has 0 aromatic rings. The van der Waals surface area contributed by atoms with E-state index in [9.17, 15) is 40.9 Å². The topological polar surface area (TPSA) is 237 Å². The summed E-state index contributed by atoms with van der Waals surface area (Å²) in [5.41, 5.74) is 5.33. The van der Waals surface area contributed by atoms with Gasteiger partial charge in [0.1, 0.15) is 54.9 Å². The molecule has 0 amide bonds. The van der Waals surface area contributed by atoms with E-state index >= 15 is 0 Å². The fraction of sp³-hybridized carbons (Fsp3) is 0.882. The Labute approximate surface area is 185 Å². The summed E-state index contributed by atoms with van der Waals surface area (Å²) in [5.74, 6) is 0. The second kappa shape index (κ2) is 12.7. The highest BCUT2D eigenvalue weighted by Gasteiger charge is 2.50. The van der Waals surface area contributed by atoms with Crippen LogP contribution in [0.4, 0.5) is 0 Å². The van der Waals surface area contributed by atoms with Crippen LogP contribution in [0.3, 0.4) is 0 Å². The first-order valence-electron chi connectivity index (χ1n) is 9.80. The lowest BCUT2D eigenvalue weighted by Gasteiger charge is -2.46. The first kappa shape index (κ1) is 27.6. The summed E-state index contributed by atoms with van der Waals surface area (Å²) in [6.45, 7) is 1.79. The Morgan fingerprint density at radius 3 is 2.09 bits per heavy atom. The summed E-state index contributed by atoms with van der Waals surface area (Å²) in [4.78, 5) is 0. The third-order valence-electron chi connectivity index (χ3n) is 5.24. The van der Waals surface area contributed by atoms with E-state index in [1.54, 1.807) is 0 Å². The summed E-state index contributed by atoms with van der Waals surface area (Å²) in [6.07, 6.45) is -15.4. The molecule has 186 valence electrons. The summed E-state index contributed by atoms with van der Waals surface area (Å²) >= 11 is 0. The lowest BCUT2D eigenvalue weighted by molar-refractivity contribution is -0.359. The summed E-state index contributed by atoms with van der Waals surface area (Å²) < 4.78 is 25.5. The first-order valence-corrected chi connectivity index (χ1v) is 10.7. The van der Waals surface area contributed by atoms with Gasteiger partial charge in [-0.15, -0.1) is 6.58 Å². The van der Waals surface area contributed by atoms with Crippen molar-refractivity contribution in [1.29, 1.82) is 0 Å². The van der Waals surface area contributed by atoms with Gasteiger partial charge in [-0.25, -0.2) is 4.74 Å². The maximum absolute atomic E-state index is 10.5. The van der Waals surface area contributed by atoms with Gasteiger partial charge in [0.2, 0.25) is 0 Å². The fourth-order valence-corrected chi connectivity index (χ4v) is 3.70. The van der Waals surface area contributed by atoms with Crippen molar-refractivity contribution >= 4 is 8.52 Å². The van der Waals surface area contributed by atoms with Crippen molar-refractivity contribution in [2.75, 3.05) is 19.8 Å². The third-order valence-corrected chi connectivity index (χ3v) is 5.67. The molecule has 12 atom stereocenters. The Morgan fingerprint density at radius 1 is 0.938 bits per heavy atom. The lowest BCUT2D eigenvalue weighted by Crippen LogP contribution is -2.64. The summed E-state index contributed by atoms with van der Waals surface area (Å²) in [6, 6.07) is -0.831. The van der Waals surface area contributed by atoms with Gasteiger partial charge in [-0.1, -0.05) is 6.08 Å². The van der Waals surface area contributed by atoms with E-state index in [0.29, 0.717) is 0 Å². The molecule has 14 nitrogen and oxygen atoms in total. The Hall–Kier alpha value is -0.680. The molecule has 32 heavy (non-hydrogen) atoms. The SMILES string of the molecule is C=C[C@@H](O)[C@H](COC1OC(CO)[C@@H](OC2OC(CO)[C@H](O)[C@H](O)[C@@H]2O)[C@H](O)[C@@H]1O)N=PN. The molecule has 0 bridgehead atoms. The van der Waals surface area contributed by atoms with E-state index in [4.69, 9.17) is 24.5 Å².